The lowest BCUT2D eigenvalue weighted by Gasteiger charge is -2.06. The molecule has 0 bridgehead atoms. The van der Waals surface area contributed by atoms with E-state index >= 15 is 0 Å². The fourth-order valence-corrected chi connectivity index (χ4v) is 1.87. The van der Waals surface area contributed by atoms with Gasteiger partial charge in [0.05, 0.1) is 12.2 Å². The van der Waals surface area contributed by atoms with Gasteiger partial charge in [-0.15, -0.1) is 12.4 Å². The second-order valence-corrected chi connectivity index (χ2v) is 4.88. The van der Waals surface area contributed by atoms with Crippen molar-refractivity contribution in [2.45, 2.75) is 51.5 Å². The topological polar surface area (TPSA) is 69.1 Å². The lowest BCUT2D eigenvalue weighted by atomic mass is 10.1. The molecule has 1 aromatic heterocycles. The first-order chi connectivity index (χ1) is 8.13. The molecule has 0 aromatic carbocycles. The number of Topliss-reactive ketones (excluding diaryl/α,β-unsaturated/α-hetero) is 1. The van der Waals surface area contributed by atoms with Crippen molar-refractivity contribution in [2.24, 2.45) is 5.73 Å². The van der Waals surface area contributed by atoms with Gasteiger partial charge in [-0.05, 0) is 28.8 Å². The summed E-state index contributed by atoms with van der Waals surface area (Å²) in [4.78, 5) is 15.1. The number of oxazole rings is 1. The second-order valence-electron chi connectivity index (χ2n) is 4.10. The van der Waals surface area contributed by atoms with Crippen molar-refractivity contribution < 1.29 is 9.21 Å². The average molecular weight is 340 g/mol. The number of rotatable bonds is 8. The van der Waals surface area contributed by atoms with E-state index in [2.05, 4.69) is 20.9 Å². The van der Waals surface area contributed by atoms with E-state index < -0.39 is 0 Å². The maximum atomic E-state index is 11.1. The highest BCUT2D eigenvalue weighted by Gasteiger charge is 2.11. The van der Waals surface area contributed by atoms with Crippen LogP contribution in [0.2, 0.25) is 0 Å². The summed E-state index contributed by atoms with van der Waals surface area (Å²) in [6.07, 6.45) is 6.76. The van der Waals surface area contributed by atoms with Crippen molar-refractivity contribution in [2.75, 3.05) is 0 Å². The Labute approximate surface area is 122 Å². The number of hydrogen-bond acceptors (Lipinski definition) is 4. The minimum atomic E-state index is -0.150. The van der Waals surface area contributed by atoms with E-state index in [0.29, 0.717) is 29.2 Å². The molecule has 0 radical (unpaired) electrons. The van der Waals surface area contributed by atoms with Gasteiger partial charge >= 0.3 is 0 Å². The number of unbranched alkanes of at least 4 members (excludes halogenated alkanes) is 2. The first kappa shape index (κ1) is 17.6. The molecule has 0 amide bonds. The van der Waals surface area contributed by atoms with Crippen LogP contribution in [0.1, 0.15) is 57.4 Å². The standard InChI is InChI=1S/C12H19BrN2O2.ClH/c1-2-9(16)6-4-3-5-7-10(14)12-15-8-11(13)17-12;/h8,10H,2-7,14H2,1H3;1H. The molecule has 0 fully saturated rings. The van der Waals surface area contributed by atoms with Crippen molar-refractivity contribution in [1.29, 1.82) is 0 Å². The molecular weight excluding hydrogens is 320 g/mol. The molecule has 2 N–H and O–H groups in total. The van der Waals surface area contributed by atoms with Gasteiger partial charge in [-0.1, -0.05) is 19.8 Å². The Morgan fingerprint density at radius 3 is 2.78 bits per heavy atom. The van der Waals surface area contributed by atoms with E-state index in [1.54, 1.807) is 6.20 Å². The van der Waals surface area contributed by atoms with Crippen LogP contribution < -0.4 is 5.73 Å². The highest BCUT2D eigenvalue weighted by molar-refractivity contribution is 9.10. The van der Waals surface area contributed by atoms with Crippen LogP contribution in [0.3, 0.4) is 0 Å². The number of halogens is 2. The Hall–Kier alpha value is -0.390. The van der Waals surface area contributed by atoms with E-state index in [1.165, 1.54) is 0 Å². The van der Waals surface area contributed by atoms with Gasteiger partial charge < -0.3 is 10.2 Å². The molecule has 104 valence electrons. The van der Waals surface area contributed by atoms with Crippen LogP contribution in [0, 0.1) is 0 Å². The molecule has 1 aromatic rings. The molecule has 1 atom stereocenters. The van der Waals surface area contributed by atoms with Crippen molar-refractivity contribution in [3.8, 4) is 0 Å². The van der Waals surface area contributed by atoms with E-state index in [9.17, 15) is 4.79 Å². The van der Waals surface area contributed by atoms with Crippen LogP contribution in [0.4, 0.5) is 0 Å². The summed E-state index contributed by atoms with van der Waals surface area (Å²) in [6.45, 7) is 1.90. The summed E-state index contributed by atoms with van der Waals surface area (Å²) in [5.74, 6) is 0.910. The quantitative estimate of drug-likeness (QED) is 0.732. The zero-order valence-corrected chi connectivity index (χ0v) is 12.9. The largest absolute Gasteiger partial charge is 0.432 e. The Balaban J connectivity index is 0.00000289. The summed E-state index contributed by atoms with van der Waals surface area (Å²) in [5.41, 5.74) is 5.93. The first-order valence-corrected chi connectivity index (χ1v) is 6.81. The van der Waals surface area contributed by atoms with Crippen LogP contribution in [0.25, 0.3) is 0 Å². The van der Waals surface area contributed by atoms with Gasteiger partial charge in [-0.3, -0.25) is 4.79 Å². The number of carbonyl (C=O) groups is 1. The zero-order chi connectivity index (χ0) is 12.7. The van der Waals surface area contributed by atoms with E-state index in [1.807, 2.05) is 6.92 Å². The van der Waals surface area contributed by atoms with Crippen molar-refractivity contribution in [3.05, 3.63) is 16.8 Å². The summed E-state index contributed by atoms with van der Waals surface area (Å²) in [6, 6.07) is -0.150. The lowest BCUT2D eigenvalue weighted by molar-refractivity contribution is -0.118. The highest BCUT2D eigenvalue weighted by atomic mass is 79.9. The van der Waals surface area contributed by atoms with Gasteiger partial charge in [0.1, 0.15) is 5.78 Å². The molecule has 6 heteroatoms. The van der Waals surface area contributed by atoms with Crippen LogP contribution in [0.15, 0.2) is 15.3 Å². The number of ketones is 1. The summed E-state index contributed by atoms with van der Waals surface area (Å²) >= 11 is 3.20. The molecule has 1 heterocycles. The molecule has 0 saturated heterocycles. The third kappa shape index (κ3) is 6.52. The highest BCUT2D eigenvalue weighted by Crippen LogP contribution is 2.20. The van der Waals surface area contributed by atoms with Crippen LogP contribution in [-0.2, 0) is 4.79 Å². The predicted octanol–water partition coefficient (Wildman–Crippen LogP) is 3.79. The fourth-order valence-electron chi connectivity index (χ4n) is 1.60. The number of aromatic nitrogens is 1. The van der Waals surface area contributed by atoms with Gasteiger partial charge in [0.25, 0.3) is 0 Å². The molecule has 0 spiro atoms. The summed E-state index contributed by atoms with van der Waals surface area (Å²) in [7, 11) is 0. The average Bonchev–Trinajstić information content (AvgIpc) is 2.75. The Bertz CT molecular complexity index is 358. The zero-order valence-electron chi connectivity index (χ0n) is 10.5. The minimum Gasteiger partial charge on any atom is -0.432 e. The number of nitrogens with zero attached hydrogens (tertiary/aromatic N) is 1. The van der Waals surface area contributed by atoms with Gasteiger partial charge in [0.15, 0.2) is 4.67 Å². The molecule has 0 saturated carbocycles. The number of carbonyl (C=O) groups excluding carboxylic acids is 1. The van der Waals surface area contributed by atoms with Crippen LogP contribution in [-0.4, -0.2) is 10.8 Å². The summed E-state index contributed by atoms with van der Waals surface area (Å²) < 4.78 is 5.89. The van der Waals surface area contributed by atoms with Gasteiger partial charge in [-0.2, -0.15) is 0 Å². The van der Waals surface area contributed by atoms with Crippen LogP contribution in [0.5, 0.6) is 0 Å². The van der Waals surface area contributed by atoms with E-state index in [4.69, 9.17) is 10.2 Å². The smallest absolute Gasteiger partial charge is 0.212 e. The van der Waals surface area contributed by atoms with Crippen LogP contribution >= 0.6 is 28.3 Å². The van der Waals surface area contributed by atoms with Gasteiger partial charge in [0.2, 0.25) is 5.89 Å². The second kappa shape index (κ2) is 9.53. The maximum Gasteiger partial charge on any atom is 0.212 e. The van der Waals surface area contributed by atoms with Gasteiger partial charge in [-0.25, -0.2) is 4.98 Å². The monoisotopic (exact) mass is 338 g/mol. The Morgan fingerprint density at radius 2 is 2.22 bits per heavy atom. The number of nitrogens with two attached hydrogens (primary N) is 1. The molecular formula is C12H20BrClN2O2. The predicted molar refractivity (Wildman–Crippen MR) is 76.8 cm³/mol. The lowest BCUT2D eigenvalue weighted by Crippen LogP contribution is -2.10. The number of hydrogen-bond donors (Lipinski definition) is 1. The maximum absolute atomic E-state index is 11.1. The third-order valence-corrected chi connectivity index (χ3v) is 3.04. The SMILES string of the molecule is CCC(=O)CCCCCC(N)c1ncc(Br)o1.Cl. The molecule has 4 nitrogen and oxygen atoms in total. The molecule has 1 unspecified atom stereocenters. The molecule has 0 aliphatic carbocycles. The van der Waals surface area contributed by atoms with E-state index in [-0.39, 0.29) is 18.4 Å². The van der Waals surface area contributed by atoms with Crippen molar-refractivity contribution in [1.82, 2.24) is 4.98 Å². The molecule has 18 heavy (non-hydrogen) atoms. The normalized spacial score (nSPS) is 11.9. The molecule has 0 aliphatic heterocycles. The van der Waals surface area contributed by atoms with Crippen molar-refractivity contribution >= 4 is 34.1 Å². The Morgan fingerprint density at radius 1 is 1.50 bits per heavy atom. The summed E-state index contributed by atoms with van der Waals surface area (Å²) in [5, 5.41) is 0. The minimum absolute atomic E-state index is 0. The van der Waals surface area contributed by atoms with Crippen molar-refractivity contribution in [3.63, 3.8) is 0 Å². The van der Waals surface area contributed by atoms with Gasteiger partial charge in [0, 0.05) is 12.8 Å². The Kier molecular flexibility index (Phi) is 9.32. The fraction of sp³-hybridized carbons (Fsp3) is 0.667. The first-order valence-electron chi connectivity index (χ1n) is 6.02. The molecule has 0 aliphatic rings. The molecule has 1 rings (SSSR count). The van der Waals surface area contributed by atoms with E-state index in [0.717, 1.165) is 25.7 Å². The third-order valence-electron chi connectivity index (χ3n) is 2.68.